The predicted octanol–water partition coefficient (Wildman–Crippen LogP) is 5.63. The molecule has 0 saturated heterocycles. The lowest BCUT2D eigenvalue weighted by molar-refractivity contribution is 0.0863. The number of amides is 1. The van der Waals surface area contributed by atoms with Gasteiger partial charge in [-0.1, -0.05) is 84.1 Å². The van der Waals surface area contributed by atoms with Gasteiger partial charge in [-0.15, -0.1) is 0 Å². The Labute approximate surface area is 175 Å². The van der Waals surface area contributed by atoms with Gasteiger partial charge in [-0.05, 0) is 35.7 Å². The molecule has 3 nitrogen and oxygen atoms in total. The summed E-state index contributed by atoms with van der Waals surface area (Å²) in [6.45, 7) is 0.763. The fourth-order valence-corrected chi connectivity index (χ4v) is 3.75. The molecule has 144 valence electrons. The van der Waals surface area contributed by atoms with Crippen molar-refractivity contribution in [1.82, 2.24) is 4.90 Å². The molecule has 1 heterocycles. The zero-order chi connectivity index (χ0) is 20.1. The minimum atomic E-state index is -0.448. The van der Waals surface area contributed by atoms with E-state index in [0.717, 1.165) is 28.7 Å². The van der Waals surface area contributed by atoms with Gasteiger partial charge in [0.15, 0.2) is 0 Å². The number of halogens is 1. The van der Waals surface area contributed by atoms with E-state index in [1.54, 1.807) is 4.90 Å². The van der Waals surface area contributed by atoms with Gasteiger partial charge in [-0.2, -0.15) is 0 Å². The summed E-state index contributed by atoms with van der Waals surface area (Å²) in [6.07, 6.45) is 0.339. The number of hydrogen-bond acceptors (Lipinski definition) is 2. The molecule has 0 aliphatic carbocycles. The molecule has 0 spiro atoms. The largest absolute Gasteiger partial charge is 0.445 e. The normalized spacial score (nSPS) is 15.1. The van der Waals surface area contributed by atoms with E-state index in [9.17, 15) is 4.79 Å². The Bertz CT molecular complexity index is 1050. The van der Waals surface area contributed by atoms with Crippen LogP contribution in [0.2, 0.25) is 5.02 Å². The molecule has 0 bridgehead atoms. The maximum absolute atomic E-state index is 12.9. The fourth-order valence-electron chi connectivity index (χ4n) is 3.45. The van der Waals surface area contributed by atoms with Crippen molar-refractivity contribution in [3.05, 3.63) is 106 Å². The van der Waals surface area contributed by atoms with Crippen LogP contribution < -0.4 is 0 Å². The number of carbonyl (C=O) groups is 1. The maximum atomic E-state index is 12.9. The van der Waals surface area contributed by atoms with E-state index in [1.807, 2.05) is 78.9 Å². The van der Waals surface area contributed by atoms with Gasteiger partial charge in [0.1, 0.15) is 12.6 Å². The second kappa shape index (κ2) is 8.86. The summed E-state index contributed by atoms with van der Waals surface area (Å²) in [7, 11) is 0. The van der Waals surface area contributed by atoms with E-state index in [4.69, 9.17) is 16.3 Å². The van der Waals surface area contributed by atoms with Gasteiger partial charge in [-0.25, -0.2) is 4.79 Å². The van der Waals surface area contributed by atoms with Crippen molar-refractivity contribution in [3.63, 3.8) is 0 Å². The maximum Gasteiger partial charge on any atom is 0.411 e. The van der Waals surface area contributed by atoms with Crippen LogP contribution in [-0.4, -0.2) is 17.5 Å². The van der Waals surface area contributed by atoms with E-state index in [-0.39, 0.29) is 12.7 Å². The summed E-state index contributed by atoms with van der Waals surface area (Å²) in [5, 5.41) is 0.621. The Balaban J connectivity index is 1.62. The molecule has 4 rings (SSSR count). The highest BCUT2D eigenvalue weighted by molar-refractivity contribution is 6.31. The smallest absolute Gasteiger partial charge is 0.411 e. The van der Waals surface area contributed by atoms with E-state index in [0.29, 0.717) is 11.6 Å². The highest BCUT2D eigenvalue weighted by Gasteiger charge is 2.32. The number of benzene rings is 3. The van der Waals surface area contributed by atoms with E-state index in [1.165, 1.54) is 0 Å². The molecule has 0 aromatic heterocycles. The minimum absolute atomic E-state index is 0.227. The zero-order valence-corrected chi connectivity index (χ0v) is 16.6. The van der Waals surface area contributed by atoms with Crippen LogP contribution in [0.1, 0.15) is 28.3 Å². The minimum Gasteiger partial charge on any atom is -0.445 e. The first kappa shape index (κ1) is 19.1. The number of carbonyl (C=O) groups excluding carboxylic acids is 1. The molecular formula is C25H20ClNO2. The number of hydrogen-bond donors (Lipinski definition) is 0. The van der Waals surface area contributed by atoms with Crippen LogP contribution in [-0.2, 0) is 17.8 Å². The Hall–Kier alpha value is -3.22. The van der Waals surface area contributed by atoms with Crippen molar-refractivity contribution < 1.29 is 9.53 Å². The molecule has 0 unspecified atom stereocenters. The highest BCUT2D eigenvalue weighted by Crippen LogP contribution is 2.35. The molecule has 1 aliphatic heterocycles. The quantitative estimate of drug-likeness (QED) is 0.521. The summed E-state index contributed by atoms with van der Waals surface area (Å²) >= 11 is 6.52. The van der Waals surface area contributed by atoms with Crippen molar-refractivity contribution in [3.8, 4) is 11.8 Å². The molecule has 0 fully saturated rings. The van der Waals surface area contributed by atoms with Crippen LogP contribution >= 0.6 is 11.6 Å². The molecule has 4 heteroatoms. The van der Waals surface area contributed by atoms with E-state index < -0.39 is 6.04 Å². The molecule has 1 amide bonds. The summed E-state index contributed by atoms with van der Waals surface area (Å²) in [5.41, 5.74) is 3.85. The van der Waals surface area contributed by atoms with Crippen LogP contribution in [0, 0.1) is 11.8 Å². The molecule has 1 atom stereocenters. The average molecular weight is 402 g/mol. The second-order valence-corrected chi connectivity index (χ2v) is 7.24. The second-order valence-electron chi connectivity index (χ2n) is 6.83. The van der Waals surface area contributed by atoms with Crippen molar-refractivity contribution in [1.29, 1.82) is 0 Å². The summed E-state index contributed by atoms with van der Waals surface area (Å²) in [5.74, 6) is 6.44. The van der Waals surface area contributed by atoms with Crippen LogP contribution in [0.25, 0.3) is 0 Å². The van der Waals surface area contributed by atoms with Crippen LogP contribution in [0.5, 0.6) is 0 Å². The Kier molecular flexibility index (Phi) is 5.84. The molecule has 0 saturated carbocycles. The first-order valence-corrected chi connectivity index (χ1v) is 9.91. The molecule has 3 aromatic rings. The third-order valence-corrected chi connectivity index (χ3v) is 5.25. The SMILES string of the molecule is O=C(OCc1ccccc1)N1CCc2cccc(Cl)c2[C@@H]1C#Cc1ccccc1. The van der Waals surface area contributed by atoms with Crippen molar-refractivity contribution >= 4 is 17.7 Å². The van der Waals surface area contributed by atoms with Gasteiger partial charge in [-0.3, -0.25) is 4.90 Å². The monoisotopic (exact) mass is 401 g/mol. The highest BCUT2D eigenvalue weighted by atomic mass is 35.5. The third kappa shape index (κ3) is 4.45. The van der Waals surface area contributed by atoms with Crippen molar-refractivity contribution in [2.45, 2.75) is 19.1 Å². The first-order valence-electron chi connectivity index (χ1n) is 9.53. The molecule has 29 heavy (non-hydrogen) atoms. The van der Waals surface area contributed by atoms with Gasteiger partial charge in [0.2, 0.25) is 0 Å². The molecule has 3 aromatic carbocycles. The van der Waals surface area contributed by atoms with E-state index >= 15 is 0 Å². The lowest BCUT2D eigenvalue weighted by Gasteiger charge is -2.34. The lowest BCUT2D eigenvalue weighted by Crippen LogP contribution is -2.40. The molecule has 1 aliphatic rings. The zero-order valence-electron chi connectivity index (χ0n) is 15.8. The van der Waals surface area contributed by atoms with Crippen LogP contribution in [0.3, 0.4) is 0 Å². The Morgan fingerprint density at radius 1 is 1.00 bits per heavy atom. The van der Waals surface area contributed by atoms with Gasteiger partial charge < -0.3 is 4.74 Å². The van der Waals surface area contributed by atoms with Crippen molar-refractivity contribution in [2.75, 3.05) is 6.54 Å². The number of fused-ring (bicyclic) bond motifs is 1. The number of rotatable bonds is 2. The van der Waals surface area contributed by atoms with Gasteiger partial charge >= 0.3 is 6.09 Å². The van der Waals surface area contributed by atoms with Crippen molar-refractivity contribution in [2.24, 2.45) is 0 Å². The third-order valence-electron chi connectivity index (χ3n) is 4.92. The Morgan fingerprint density at radius 3 is 2.48 bits per heavy atom. The summed E-state index contributed by atoms with van der Waals surface area (Å²) in [4.78, 5) is 14.6. The van der Waals surface area contributed by atoms with Gasteiger partial charge in [0.25, 0.3) is 0 Å². The standard InChI is InChI=1S/C25H20ClNO2/c26-22-13-7-12-21-16-17-27(25(28)29-18-20-10-5-2-6-11-20)23(24(21)22)15-14-19-8-3-1-4-9-19/h1-13,23H,16-18H2/t23-/m0/s1. The van der Waals surface area contributed by atoms with Gasteiger partial charge in [0, 0.05) is 22.7 Å². The first-order chi connectivity index (χ1) is 14.2. The molecule has 0 N–H and O–H groups in total. The Morgan fingerprint density at radius 2 is 1.72 bits per heavy atom. The van der Waals surface area contributed by atoms with Crippen LogP contribution in [0.4, 0.5) is 4.79 Å². The van der Waals surface area contributed by atoms with Gasteiger partial charge in [0.05, 0.1) is 0 Å². The summed E-state index contributed by atoms with van der Waals surface area (Å²) < 4.78 is 5.58. The number of ether oxygens (including phenoxy) is 1. The topological polar surface area (TPSA) is 29.5 Å². The average Bonchev–Trinajstić information content (AvgIpc) is 2.77. The fraction of sp³-hybridized carbons (Fsp3) is 0.160. The predicted molar refractivity (Wildman–Crippen MR) is 115 cm³/mol. The summed E-state index contributed by atoms with van der Waals surface area (Å²) in [6, 6.07) is 24.8. The molecular weight excluding hydrogens is 382 g/mol. The molecule has 0 radical (unpaired) electrons. The van der Waals surface area contributed by atoms with E-state index in [2.05, 4.69) is 11.8 Å². The lowest BCUT2D eigenvalue weighted by atomic mass is 9.93. The number of nitrogens with zero attached hydrogens (tertiary/aromatic N) is 1. The van der Waals surface area contributed by atoms with Crippen LogP contribution in [0.15, 0.2) is 78.9 Å².